The van der Waals surface area contributed by atoms with E-state index in [0.717, 1.165) is 22.6 Å². The van der Waals surface area contributed by atoms with Crippen LogP contribution in [0, 0.1) is 0 Å². The van der Waals surface area contributed by atoms with Crippen LogP contribution in [0.1, 0.15) is 18.1 Å². The molecule has 4 nitrogen and oxygen atoms in total. The van der Waals surface area contributed by atoms with Gasteiger partial charge in [0.1, 0.15) is 6.54 Å². The fourth-order valence-electron chi connectivity index (χ4n) is 2.45. The number of anilines is 1. The van der Waals surface area contributed by atoms with E-state index in [9.17, 15) is 22.8 Å². The van der Waals surface area contributed by atoms with Gasteiger partial charge in [0.15, 0.2) is 0 Å². The Morgan fingerprint density at radius 1 is 1.11 bits per heavy atom. The van der Waals surface area contributed by atoms with Gasteiger partial charge in [-0.3, -0.25) is 9.59 Å². The van der Waals surface area contributed by atoms with Gasteiger partial charge >= 0.3 is 6.18 Å². The van der Waals surface area contributed by atoms with Crippen molar-refractivity contribution >= 4 is 29.1 Å². The number of carbonyl (C=O) groups is 2. The van der Waals surface area contributed by atoms with Crippen molar-refractivity contribution in [3.05, 3.63) is 64.7 Å². The normalized spacial score (nSPS) is 11.1. The second-order valence-corrected chi connectivity index (χ2v) is 6.32. The average Bonchev–Trinajstić information content (AvgIpc) is 2.59. The van der Waals surface area contributed by atoms with Gasteiger partial charge < -0.3 is 10.2 Å². The molecule has 2 aromatic rings. The second kappa shape index (κ2) is 8.90. The molecule has 2 aromatic carbocycles. The monoisotopic (exact) mass is 398 g/mol. The summed E-state index contributed by atoms with van der Waals surface area (Å²) in [7, 11) is 0. The molecule has 0 bridgehead atoms. The van der Waals surface area contributed by atoms with Gasteiger partial charge in [0.25, 0.3) is 0 Å². The van der Waals surface area contributed by atoms with Gasteiger partial charge in [-0.2, -0.15) is 13.2 Å². The molecular weight excluding hydrogens is 381 g/mol. The van der Waals surface area contributed by atoms with E-state index in [1.54, 1.807) is 12.1 Å². The molecule has 0 fully saturated rings. The second-order valence-electron chi connectivity index (χ2n) is 5.88. The molecule has 2 rings (SSSR count). The highest BCUT2D eigenvalue weighted by atomic mass is 35.5. The predicted molar refractivity (Wildman–Crippen MR) is 97.6 cm³/mol. The molecule has 0 aromatic heterocycles. The molecule has 144 valence electrons. The van der Waals surface area contributed by atoms with E-state index in [1.165, 1.54) is 19.1 Å². The molecule has 0 aliphatic heterocycles. The van der Waals surface area contributed by atoms with E-state index in [4.69, 9.17) is 11.6 Å². The molecule has 0 saturated heterocycles. The van der Waals surface area contributed by atoms with Crippen LogP contribution in [-0.2, 0) is 22.2 Å². The highest BCUT2D eigenvalue weighted by Crippen LogP contribution is 2.30. The Balaban J connectivity index is 1.95. The molecule has 0 heterocycles. The molecular formula is C19H18ClF3N2O2. The molecule has 0 saturated carbocycles. The third-order valence-electron chi connectivity index (χ3n) is 3.81. The molecule has 0 radical (unpaired) electrons. The molecule has 27 heavy (non-hydrogen) atoms. The maximum absolute atomic E-state index is 12.6. The molecule has 0 aliphatic rings. The number of amides is 2. The van der Waals surface area contributed by atoms with Crippen LogP contribution in [0.25, 0.3) is 0 Å². The Kier molecular flexibility index (Phi) is 6.85. The minimum Gasteiger partial charge on any atom is -0.354 e. The zero-order valence-electron chi connectivity index (χ0n) is 14.5. The van der Waals surface area contributed by atoms with Crippen molar-refractivity contribution < 1.29 is 22.8 Å². The summed E-state index contributed by atoms with van der Waals surface area (Å²) >= 11 is 5.90. The van der Waals surface area contributed by atoms with Crippen molar-refractivity contribution in [1.29, 1.82) is 0 Å². The summed E-state index contributed by atoms with van der Waals surface area (Å²) in [6.45, 7) is 1.31. The van der Waals surface area contributed by atoms with E-state index in [1.807, 2.05) is 12.1 Å². The van der Waals surface area contributed by atoms with Gasteiger partial charge in [-0.05, 0) is 48.4 Å². The maximum Gasteiger partial charge on any atom is 0.416 e. The van der Waals surface area contributed by atoms with Gasteiger partial charge in [-0.25, -0.2) is 0 Å². The molecule has 0 unspecified atom stereocenters. The number of rotatable bonds is 6. The number of halogens is 4. The fraction of sp³-hybridized carbons (Fsp3) is 0.263. The quantitative estimate of drug-likeness (QED) is 0.797. The first kappa shape index (κ1) is 20.8. The van der Waals surface area contributed by atoms with Gasteiger partial charge in [0.05, 0.1) is 5.56 Å². The van der Waals surface area contributed by atoms with Crippen LogP contribution < -0.4 is 10.2 Å². The van der Waals surface area contributed by atoms with Crippen LogP contribution in [0.3, 0.4) is 0 Å². The van der Waals surface area contributed by atoms with Crippen LogP contribution in [-0.4, -0.2) is 24.9 Å². The van der Waals surface area contributed by atoms with Crippen molar-refractivity contribution in [3.63, 3.8) is 0 Å². The largest absolute Gasteiger partial charge is 0.416 e. The van der Waals surface area contributed by atoms with E-state index < -0.39 is 23.6 Å². The summed E-state index contributed by atoms with van der Waals surface area (Å²) in [6, 6.07) is 11.3. The smallest absolute Gasteiger partial charge is 0.354 e. The number of nitrogens with zero attached hydrogens (tertiary/aromatic N) is 1. The molecule has 2 amide bonds. The number of carbonyl (C=O) groups excluding carboxylic acids is 2. The van der Waals surface area contributed by atoms with E-state index >= 15 is 0 Å². The van der Waals surface area contributed by atoms with Crippen molar-refractivity contribution in [2.45, 2.75) is 19.5 Å². The zero-order valence-corrected chi connectivity index (χ0v) is 15.3. The molecule has 8 heteroatoms. The lowest BCUT2D eigenvalue weighted by Crippen LogP contribution is -2.40. The first-order valence-corrected chi connectivity index (χ1v) is 8.51. The maximum atomic E-state index is 12.6. The number of benzene rings is 2. The van der Waals surface area contributed by atoms with Crippen LogP contribution in [0.4, 0.5) is 18.9 Å². The van der Waals surface area contributed by atoms with Gasteiger partial charge in [0.2, 0.25) is 11.8 Å². The standard InChI is InChI=1S/C19H18ClF3N2O2/c1-13(26)25(17-7-5-15(6-8-17)19(21,22)23)12-18(27)24-10-9-14-3-2-4-16(20)11-14/h2-8,11H,9-10,12H2,1H3,(H,24,27). The summed E-state index contributed by atoms with van der Waals surface area (Å²) in [6.07, 6.45) is -3.90. The Hall–Kier alpha value is -2.54. The number of nitrogens with one attached hydrogen (secondary N) is 1. The fourth-order valence-corrected chi connectivity index (χ4v) is 2.67. The Morgan fingerprint density at radius 3 is 2.33 bits per heavy atom. The summed E-state index contributed by atoms with van der Waals surface area (Å²) in [4.78, 5) is 25.0. The van der Waals surface area contributed by atoms with Crippen LogP contribution in [0.5, 0.6) is 0 Å². The molecule has 0 atom stereocenters. The lowest BCUT2D eigenvalue weighted by Gasteiger charge is -2.21. The minimum atomic E-state index is -4.46. The first-order chi connectivity index (χ1) is 12.7. The van der Waals surface area contributed by atoms with Crippen LogP contribution in [0.15, 0.2) is 48.5 Å². The van der Waals surface area contributed by atoms with Gasteiger partial charge in [-0.1, -0.05) is 23.7 Å². The summed E-state index contributed by atoms with van der Waals surface area (Å²) < 4.78 is 37.9. The van der Waals surface area contributed by atoms with Crippen molar-refractivity contribution in [2.75, 3.05) is 18.0 Å². The molecule has 0 aliphatic carbocycles. The number of hydrogen-bond acceptors (Lipinski definition) is 2. The highest BCUT2D eigenvalue weighted by Gasteiger charge is 2.30. The molecule has 1 N–H and O–H groups in total. The third kappa shape index (κ3) is 6.29. The van der Waals surface area contributed by atoms with E-state index in [0.29, 0.717) is 18.0 Å². The average molecular weight is 399 g/mol. The topological polar surface area (TPSA) is 49.4 Å². The SMILES string of the molecule is CC(=O)N(CC(=O)NCCc1cccc(Cl)c1)c1ccc(C(F)(F)F)cc1. The number of hydrogen-bond donors (Lipinski definition) is 1. The Morgan fingerprint density at radius 2 is 1.78 bits per heavy atom. The first-order valence-electron chi connectivity index (χ1n) is 8.13. The molecule has 0 spiro atoms. The minimum absolute atomic E-state index is 0.223. The third-order valence-corrected chi connectivity index (χ3v) is 4.05. The van der Waals surface area contributed by atoms with Crippen molar-refractivity contribution in [1.82, 2.24) is 5.32 Å². The van der Waals surface area contributed by atoms with Crippen LogP contribution in [0.2, 0.25) is 5.02 Å². The highest BCUT2D eigenvalue weighted by molar-refractivity contribution is 6.30. The summed E-state index contributed by atoms with van der Waals surface area (Å²) in [5.41, 5.74) is 0.357. The number of alkyl halides is 3. The zero-order chi connectivity index (χ0) is 20.0. The lowest BCUT2D eigenvalue weighted by atomic mass is 10.1. The van der Waals surface area contributed by atoms with Gasteiger partial charge in [0, 0.05) is 24.2 Å². The van der Waals surface area contributed by atoms with Crippen molar-refractivity contribution in [3.8, 4) is 0 Å². The Bertz CT molecular complexity index is 807. The van der Waals surface area contributed by atoms with Crippen LogP contribution >= 0.6 is 11.6 Å². The predicted octanol–water partition coefficient (Wildman–Crippen LogP) is 4.07. The van der Waals surface area contributed by atoms with E-state index in [-0.39, 0.29) is 12.2 Å². The summed E-state index contributed by atoms with van der Waals surface area (Å²) in [5.74, 6) is -0.855. The lowest BCUT2D eigenvalue weighted by molar-refractivity contribution is -0.137. The van der Waals surface area contributed by atoms with Crippen molar-refractivity contribution in [2.24, 2.45) is 0 Å². The summed E-state index contributed by atoms with van der Waals surface area (Å²) in [5, 5.41) is 3.29. The Labute approximate surface area is 159 Å². The van der Waals surface area contributed by atoms with Gasteiger partial charge in [-0.15, -0.1) is 0 Å². The van der Waals surface area contributed by atoms with E-state index in [2.05, 4.69) is 5.32 Å².